The summed E-state index contributed by atoms with van der Waals surface area (Å²) in [4.78, 5) is 33.8. The third-order valence-corrected chi connectivity index (χ3v) is 2.65. The molecule has 0 heterocycles. The van der Waals surface area contributed by atoms with Gasteiger partial charge in [0.15, 0.2) is 5.03 Å². The van der Waals surface area contributed by atoms with E-state index in [0.717, 1.165) is 0 Å². The van der Waals surface area contributed by atoms with Crippen LogP contribution in [0.15, 0.2) is 54.6 Å². The van der Waals surface area contributed by atoms with Crippen LogP contribution in [0.3, 0.4) is 0 Å². The highest BCUT2D eigenvalue weighted by Gasteiger charge is 2.27. The number of aldehydes is 1. The van der Waals surface area contributed by atoms with Crippen LogP contribution in [0.4, 0.5) is 5.69 Å². The number of anilines is 1. The second-order valence-electron chi connectivity index (χ2n) is 3.93. The van der Waals surface area contributed by atoms with E-state index in [-0.39, 0.29) is 11.3 Å². The summed E-state index contributed by atoms with van der Waals surface area (Å²) in [5, 5.41) is 10.8. The number of hydrogen-bond acceptors (Lipinski definition) is 4. The first-order chi connectivity index (χ1) is 9.63. The molecule has 0 atom stereocenters. The molecule has 2 aromatic carbocycles. The van der Waals surface area contributed by atoms with E-state index in [0.29, 0.717) is 16.9 Å². The number of hydrogen-bond donors (Lipinski definition) is 0. The minimum absolute atomic E-state index is 0.135. The lowest BCUT2D eigenvalue weighted by atomic mass is 10.1. The summed E-state index contributed by atoms with van der Waals surface area (Å²) in [5.74, 6) is -0.765. The van der Waals surface area contributed by atoms with Crippen LogP contribution < -0.4 is 5.01 Å². The summed E-state index contributed by atoms with van der Waals surface area (Å²) in [5.41, 5.74) is 0.701. The maximum absolute atomic E-state index is 12.2. The predicted molar refractivity (Wildman–Crippen MR) is 72.1 cm³/mol. The summed E-state index contributed by atoms with van der Waals surface area (Å²) < 4.78 is 0. The van der Waals surface area contributed by atoms with Gasteiger partial charge in [-0.2, -0.15) is 0 Å². The van der Waals surface area contributed by atoms with E-state index in [4.69, 9.17) is 0 Å². The summed E-state index contributed by atoms with van der Waals surface area (Å²) in [7, 11) is 0. The molecule has 0 saturated carbocycles. The van der Waals surface area contributed by atoms with Gasteiger partial charge in [-0.05, 0) is 29.3 Å². The SMILES string of the molecule is O=Cc1ccc(C(=O)N(c2ccccc2)[N+](=O)[O-])cc1. The van der Waals surface area contributed by atoms with Crippen molar-refractivity contribution in [1.82, 2.24) is 0 Å². The number of nitro groups is 1. The van der Waals surface area contributed by atoms with Crippen LogP contribution in [-0.2, 0) is 0 Å². The molecule has 0 aromatic heterocycles. The first-order valence-electron chi connectivity index (χ1n) is 5.72. The minimum atomic E-state index is -0.773. The van der Waals surface area contributed by atoms with Crippen LogP contribution in [0.2, 0.25) is 0 Å². The lowest BCUT2D eigenvalue weighted by Gasteiger charge is -2.12. The third-order valence-electron chi connectivity index (χ3n) is 2.65. The van der Waals surface area contributed by atoms with Crippen molar-refractivity contribution in [1.29, 1.82) is 0 Å². The van der Waals surface area contributed by atoms with Crippen molar-refractivity contribution in [3.05, 3.63) is 75.8 Å². The van der Waals surface area contributed by atoms with Gasteiger partial charge in [0.2, 0.25) is 0 Å². The standard InChI is InChI=1S/C14H10N2O4/c17-10-11-6-8-12(9-7-11)14(18)15(16(19)20)13-4-2-1-3-5-13/h1-10H. The summed E-state index contributed by atoms with van der Waals surface area (Å²) >= 11 is 0. The fourth-order valence-corrected chi connectivity index (χ4v) is 1.68. The topological polar surface area (TPSA) is 80.5 Å². The van der Waals surface area contributed by atoms with E-state index in [1.54, 1.807) is 18.2 Å². The summed E-state index contributed by atoms with van der Waals surface area (Å²) in [6.45, 7) is 0. The zero-order chi connectivity index (χ0) is 14.5. The number of nitrogens with zero attached hydrogens (tertiary/aromatic N) is 2. The molecule has 0 fully saturated rings. The van der Waals surface area contributed by atoms with Crippen LogP contribution >= 0.6 is 0 Å². The van der Waals surface area contributed by atoms with Gasteiger partial charge in [0, 0.05) is 11.1 Å². The molecular weight excluding hydrogens is 260 g/mol. The molecule has 0 radical (unpaired) electrons. The first kappa shape index (κ1) is 13.4. The molecule has 6 nitrogen and oxygen atoms in total. The monoisotopic (exact) mass is 270 g/mol. The predicted octanol–water partition coefficient (Wildman–Crippen LogP) is 2.34. The molecule has 0 aliphatic carbocycles. The molecule has 2 rings (SSSR count). The van der Waals surface area contributed by atoms with Gasteiger partial charge in [0.05, 0.1) is 0 Å². The van der Waals surface area contributed by atoms with E-state index < -0.39 is 10.9 Å². The molecule has 100 valence electrons. The number of para-hydroxylation sites is 1. The fraction of sp³-hybridized carbons (Fsp3) is 0. The van der Waals surface area contributed by atoms with Crippen molar-refractivity contribution in [3.63, 3.8) is 0 Å². The van der Waals surface area contributed by atoms with Crippen LogP contribution in [0, 0.1) is 10.1 Å². The highest BCUT2D eigenvalue weighted by Crippen LogP contribution is 2.17. The van der Waals surface area contributed by atoms with Crippen molar-refractivity contribution >= 4 is 17.9 Å². The largest absolute Gasteiger partial charge is 0.319 e. The Balaban J connectivity index is 2.36. The average Bonchev–Trinajstić information content (AvgIpc) is 2.48. The Morgan fingerprint density at radius 3 is 2.15 bits per heavy atom. The van der Waals surface area contributed by atoms with Gasteiger partial charge >= 0.3 is 5.91 Å². The fourth-order valence-electron chi connectivity index (χ4n) is 1.68. The molecule has 0 aliphatic heterocycles. The van der Waals surface area contributed by atoms with E-state index in [9.17, 15) is 19.7 Å². The van der Waals surface area contributed by atoms with Crippen molar-refractivity contribution < 1.29 is 14.6 Å². The molecule has 6 heteroatoms. The van der Waals surface area contributed by atoms with Crippen LogP contribution in [0.1, 0.15) is 20.7 Å². The molecule has 1 amide bonds. The van der Waals surface area contributed by atoms with E-state index in [2.05, 4.69) is 0 Å². The van der Waals surface area contributed by atoms with Crippen molar-refractivity contribution in [3.8, 4) is 0 Å². The number of rotatable bonds is 4. The van der Waals surface area contributed by atoms with Crippen LogP contribution in [0.25, 0.3) is 0 Å². The molecule has 0 aliphatic rings. The Morgan fingerprint density at radius 2 is 1.65 bits per heavy atom. The average molecular weight is 270 g/mol. The highest BCUT2D eigenvalue weighted by molar-refractivity contribution is 6.04. The molecule has 2 aromatic rings. The molecule has 0 spiro atoms. The van der Waals surface area contributed by atoms with E-state index in [1.165, 1.54) is 36.4 Å². The van der Waals surface area contributed by atoms with Gasteiger partial charge < -0.3 is 0 Å². The minimum Gasteiger partial charge on any atom is -0.298 e. The van der Waals surface area contributed by atoms with Gasteiger partial charge in [-0.3, -0.25) is 9.59 Å². The quantitative estimate of drug-likeness (QED) is 0.485. The Kier molecular flexibility index (Phi) is 3.85. The lowest BCUT2D eigenvalue weighted by molar-refractivity contribution is -0.481. The molecule has 0 bridgehead atoms. The highest BCUT2D eigenvalue weighted by atomic mass is 16.7. The molecule has 0 N–H and O–H groups in total. The number of hydrazine groups is 1. The normalized spacial score (nSPS) is 9.80. The van der Waals surface area contributed by atoms with E-state index >= 15 is 0 Å². The van der Waals surface area contributed by atoms with Crippen molar-refractivity contribution in [2.45, 2.75) is 0 Å². The van der Waals surface area contributed by atoms with Crippen molar-refractivity contribution in [2.24, 2.45) is 0 Å². The Morgan fingerprint density at radius 1 is 1.05 bits per heavy atom. The van der Waals surface area contributed by atoms with Gasteiger partial charge in [-0.25, -0.2) is 10.1 Å². The summed E-state index contributed by atoms with van der Waals surface area (Å²) in [6.07, 6.45) is 0.636. The van der Waals surface area contributed by atoms with Gasteiger partial charge in [-0.15, -0.1) is 0 Å². The number of amides is 1. The maximum Gasteiger partial charge on any atom is 0.319 e. The van der Waals surface area contributed by atoms with Gasteiger partial charge in [0.1, 0.15) is 12.0 Å². The number of carbonyl (C=O) groups excluding carboxylic acids is 2. The maximum atomic E-state index is 12.2. The lowest BCUT2D eigenvalue weighted by Crippen LogP contribution is -2.36. The Labute approximate surface area is 114 Å². The number of carbonyl (C=O) groups is 2. The zero-order valence-corrected chi connectivity index (χ0v) is 10.3. The third kappa shape index (κ3) is 2.69. The molecule has 20 heavy (non-hydrogen) atoms. The van der Waals surface area contributed by atoms with Crippen LogP contribution in [0.5, 0.6) is 0 Å². The zero-order valence-electron chi connectivity index (χ0n) is 10.3. The van der Waals surface area contributed by atoms with E-state index in [1.807, 2.05) is 0 Å². The molecule has 0 saturated heterocycles. The molecule has 0 unspecified atom stereocenters. The second-order valence-corrected chi connectivity index (χ2v) is 3.93. The van der Waals surface area contributed by atoms with Gasteiger partial charge in [-0.1, -0.05) is 30.3 Å². The smallest absolute Gasteiger partial charge is 0.298 e. The second kappa shape index (κ2) is 5.75. The Hall–Kier alpha value is -3.02. The van der Waals surface area contributed by atoms with Crippen LogP contribution in [-0.4, -0.2) is 17.2 Å². The first-order valence-corrected chi connectivity index (χ1v) is 5.72. The van der Waals surface area contributed by atoms with Crippen molar-refractivity contribution in [2.75, 3.05) is 5.01 Å². The number of benzene rings is 2. The summed E-state index contributed by atoms with van der Waals surface area (Å²) in [6, 6.07) is 13.5. The van der Waals surface area contributed by atoms with Gasteiger partial charge in [0.25, 0.3) is 0 Å². The Bertz CT molecular complexity index is 638. The molecular formula is C14H10N2O4.